The van der Waals surface area contributed by atoms with Gasteiger partial charge in [0, 0.05) is 26.2 Å². The predicted molar refractivity (Wildman–Crippen MR) is 110 cm³/mol. The fraction of sp³-hybridized carbons (Fsp3) is 0.611. The number of hydrogen-bond donors (Lipinski definition) is 2. The molecule has 1 rings (SSSR count). The lowest BCUT2D eigenvalue weighted by molar-refractivity contribution is 0.0646. The number of nitrogens with one attached hydrogen (secondary N) is 2. The minimum atomic E-state index is 0. The van der Waals surface area contributed by atoms with E-state index in [9.17, 15) is 0 Å². The molecule has 0 heterocycles. The van der Waals surface area contributed by atoms with Gasteiger partial charge in [-0.25, -0.2) is 0 Å². The van der Waals surface area contributed by atoms with E-state index in [4.69, 9.17) is 4.74 Å². The first-order chi connectivity index (χ1) is 10.6. The van der Waals surface area contributed by atoms with Crippen molar-refractivity contribution in [3.8, 4) is 0 Å². The number of aliphatic imine (C=N–C) groups is 1. The zero-order valence-corrected chi connectivity index (χ0v) is 17.2. The molecule has 0 amide bonds. The number of benzene rings is 1. The minimum Gasteiger partial charge on any atom is -0.374 e. The quantitative estimate of drug-likeness (QED) is 0.268. The summed E-state index contributed by atoms with van der Waals surface area (Å²) in [7, 11) is 0. The first-order valence-corrected chi connectivity index (χ1v) is 8.32. The summed E-state index contributed by atoms with van der Waals surface area (Å²) in [6, 6.07) is 10.3. The molecular weight excluding hydrogens is 401 g/mol. The van der Waals surface area contributed by atoms with Gasteiger partial charge >= 0.3 is 0 Å². The van der Waals surface area contributed by atoms with Crippen LogP contribution in [0.2, 0.25) is 0 Å². The van der Waals surface area contributed by atoms with Gasteiger partial charge in [0.25, 0.3) is 0 Å². The molecule has 1 aromatic rings. The Labute approximate surface area is 158 Å². The highest BCUT2D eigenvalue weighted by Gasteiger charge is 2.04. The highest BCUT2D eigenvalue weighted by atomic mass is 127. The van der Waals surface area contributed by atoms with Crippen LogP contribution in [-0.4, -0.2) is 32.2 Å². The second-order valence-electron chi connectivity index (χ2n) is 5.82. The molecule has 23 heavy (non-hydrogen) atoms. The number of guanidine groups is 1. The third kappa shape index (κ3) is 10.5. The Morgan fingerprint density at radius 3 is 2.43 bits per heavy atom. The molecule has 0 radical (unpaired) electrons. The molecule has 0 aliphatic heterocycles. The number of hydrogen-bond acceptors (Lipinski definition) is 2. The van der Waals surface area contributed by atoms with Crippen LogP contribution in [-0.2, 0) is 4.74 Å². The molecule has 0 fully saturated rings. The summed E-state index contributed by atoms with van der Waals surface area (Å²) in [5.74, 6) is 1.47. The van der Waals surface area contributed by atoms with Gasteiger partial charge < -0.3 is 15.4 Å². The zero-order valence-electron chi connectivity index (χ0n) is 14.8. The Balaban J connectivity index is 0.00000484. The van der Waals surface area contributed by atoms with Gasteiger partial charge in [-0.2, -0.15) is 0 Å². The first-order valence-electron chi connectivity index (χ1n) is 8.32. The van der Waals surface area contributed by atoms with Gasteiger partial charge in [-0.1, -0.05) is 44.2 Å². The van der Waals surface area contributed by atoms with Gasteiger partial charge in [-0.15, -0.1) is 24.0 Å². The number of ether oxygens (including phenoxy) is 1. The SMILES string of the molecule is CCNC(=NCC(C)C)NCCCOC(C)c1ccccc1.I. The first kappa shape index (κ1) is 22.2. The van der Waals surface area contributed by atoms with Crippen LogP contribution >= 0.6 is 24.0 Å². The van der Waals surface area contributed by atoms with Crippen LogP contribution in [0.3, 0.4) is 0 Å². The van der Waals surface area contributed by atoms with Gasteiger partial charge in [-0.05, 0) is 31.7 Å². The van der Waals surface area contributed by atoms with E-state index < -0.39 is 0 Å². The van der Waals surface area contributed by atoms with E-state index in [1.54, 1.807) is 0 Å². The number of rotatable bonds is 9. The van der Waals surface area contributed by atoms with Crippen LogP contribution in [0, 0.1) is 5.92 Å². The van der Waals surface area contributed by atoms with E-state index in [0.717, 1.165) is 38.6 Å². The lowest BCUT2D eigenvalue weighted by Gasteiger charge is -2.15. The summed E-state index contributed by atoms with van der Waals surface area (Å²) >= 11 is 0. The fourth-order valence-electron chi connectivity index (χ4n) is 1.97. The fourth-order valence-corrected chi connectivity index (χ4v) is 1.97. The van der Waals surface area contributed by atoms with Crippen molar-refractivity contribution in [3.05, 3.63) is 35.9 Å². The van der Waals surface area contributed by atoms with Crippen LogP contribution in [0.25, 0.3) is 0 Å². The molecule has 0 saturated heterocycles. The molecule has 0 aromatic heterocycles. The van der Waals surface area contributed by atoms with E-state index >= 15 is 0 Å². The monoisotopic (exact) mass is 433 g/mol. The van der Waals surface area contributed by atoms with Gasteiger partial charge in [0.2, 0.25) is 0 Å². The summed E-state index contributed by atoms with van der Waals surface area (Å²) in [6.07, 6.45) is 1.10. The Hall–Kier alpha value is -0.820. The predicted octanol–water partition coefficient (Wildman–Crippen LogP) is 3.98. The summed E-state index contributed by atoms with van der Waals surface area (Å²) in [5.41, 5.74) is 1.22. The highest BCUT2D eigenvalue weighted by molar-refractivity contribution is 14.0. The van der Waals surface area contributed by atoms with Crippen molar-refractivity contribution < 1.29 is 4.74 Å². The van der Waals surface area contributed by atoms with Crippen LogP contribution in [0.5, 0.6) is 0 Å². The van der Waals surface area contributed by atoms with Crippen molar-refractivity contribution >= 4 is 29.9 Å². The van der Waals surface area contributed by atoms with Crippen molar-refractivity contribution in [1.29, 1.82) is 0 Å². The molecule has 5 heteroatoms. The maximum atomic E-state index is 5.87. The van der Waals surface area contributed by atoms with Gasteiger partial charge in [-0.3, -0.25) is 4.99 Å². The van der Waals surface area contributed by atoms with Crippen molar-refractivity contribution in [2.75, 3.05) is 26.2 Å². The van der Waals surface area contributed by atoms with Gasteiger partial charge in [0.05, 0.1) is 6.10 Å². The normalized spacial score (nSPS) is 12.7. The maximum absolute atomic E-state index is 5.87. The van der Waals surface area contributed by atoms with Crippen LogP contribution < -0.4 is 10.6 Å². The summed E-state index contributed by atoms with van der Waals surface area (Å²) < 4.78 is 5.87. The summed E-state index contributed by atoms with van der Waals surface area (Å²) in [5, 5.41) is 6.61. The zero-order chi connectivity index (χ0) is 16.2. The van der Waals surface area contributed by atoms with E-state index in [1.807, 2.05) is 18.2 Å². The Morgan fingerprint density at radius 1 is 1.13 bits per heavy atom. The summed E-state index contributed by atoms with van der Waals surface area (Å²) in [4.78, 5) is 4.55. The second kappa shape index (κ2) is 13.6. The Kier molecular flexibility index (Phi) is 13.1. The molecule has 0 aliphatic rings. The second-order valence-corrected chi connectivity index (χ2v) is 5.82. The Morgan fingerprint density at radius 2 is 1.83 bits per heavy atom. The average Bonchev–Trinajstić information content (AvgIpc) is 2.52. The van der Waals surface area contributed by atoms with Crippen LogP contribution in [0.15, 0.2) is 35.3 Å². The third-order valence-electron chi connectivity index (χ3n) is 3.21. The van der Waals surface area contributed by atoms with Crippen molar-refractivity contribution in [2.45, 2.75) is 40.2 Å². The highest BCUT2D eigenvalue weighted by Crippen LogP contribution is 2.15. The smallest absolute Gasteiger partial charge is 0.191 e. The molecule has 0 aliphatic carbocycles. The topological polar surface area (TPSA) is 45.7 Å². The lowest BCUT2D eigenvalue weighted by atomic mass is 10.1. The molecule has 0 bridgehead atoms. The largest absolute Gasteiger partial charge is 0.374 e. The number of halogens is 1. The molecule has 1 unspecified atom stereocenters. The van der Waals surface area contributed by atoms with Gasteiger partial charge in [0.1, 0.15) is 0 Å². The molecule has 132 valence electrons. The van der Waals surface area contributed by atoms with Crippen LogP contribution in [0.4, 0.5) is 0 Å². The third-order valence-corrected chi connectivity index (χ3v) is 3.21. The van der Waals surface area contributed by atoms with Crippen molar-refractivity contribution in [1.82, 2.24) is 10.6 Å². The van der Waals surface area contributed by atoms with Gasteiger partial charge in [0.15, 0.2) is 5.96 Å². The summed E-state index contributed by atoms with van der Waals surface area (Å²) in [6.45, 7) is 11.9. The molecular formula is C18H32IN3O. The molecule has 0 spiro atoms. The molecule has 2 N–H and O–H groups in total. The Bertz CT molecular complexity index is 424. The van der Waals surface area contributed by atoms with E-state index in [0.29, 0.717) is 5.92 Å². The van der Waals surface area contributed by atoms with E-state index in [-0.39, 0.29) is 30.1 Å². The maximum Gasteiger partial charge on any atom is 0.191 e. The molecule has 1 atom stereocenters. The van der Waals surface area contributed by atoms with Crippen LogP contribution in [0.1, 0.15) is 45.8 Å². The van der Waals surface area contributed by atoms with E-state index in [1.165, 1.54) is 5.56 Å². The molecule has 4 nitrogen and oxygen atoms in total. The molecule has 0 saturated carbocycles. The molecule has 1 aromatic carbocycles. The number of nitrogens with zero attached hydrogens (tertiary/aromatic N) is 1. The average molecular weight is 433 g/mol. The van der Waals surface area contributed by atoms with Crippen molar-refractivity contribution in [3.63, 3.8) is 0 Å². The van der Waals surface area contributed by atoms with Crippen molar-refractivity contribution in [2.24, 2.45) is 10.9 Å². The standard InChI is InChI=1S/C18H31N3O.HI/c1-5-19-18(21-14-15(2)3)20-12-9-13-22-16(4)17-10-7-6-8-11-17;/h6-8,10-11,15-16H,5,9,12-14H2,1-4H3,(H2,19,20,21);1H. The van der Waals surface area contributed by atoms with E-state index in [2.05, 4.69) is 55.5 Å². The lowest BCUT2D eigenvalue weighted by Crippen LogP contribution is -2.38. The minimum absolute atomic E-state index is 0.